The number of para-hydroxylation sites is 1. The predicted molar refractivity (Wildman–Crippen MR) is 110 cm³/mol. The van der Waals surface area contributed by atoms with Crippen molar-refractivity contribution in [1.82, 2.24) is 9.97 Å². The van der Waals surface area contributed by atoms with Gasteiger partial charge in [0, 0.05) is 24.0 Å². The van der Waals surface area contributed by atoms with E-state index >= 15 is 0 Å². The molecule has 1 aromatic heterocycles. The van der Waals surface area contributed by atoms with Crippen molar-refractivity contribution >= 4 is 34.7 Å². The molecule has 0 saturated carbocycles. The molecular weight excluding hydrogens is 376 g/mol. The van der Waals surface area contributed by atoms with Crippen molar-refractivity contribution in [3.63, 3.8) is 0 Å². The van der Waals surface area contributed by atoms with Crippen molar-refractivity contribution in [3.05, 3.63) is 70.6 Å². The van der Waals surface area contributed by atoms with Gasteiger partial charge in [-0.15, -0.1) is 0 Å². The van der Waals surface area contributed by atoms with Crippen LogP contribution in [0.25, 0.3) is 0 Å². The first-order valence-electron chi connectivity index (χ1n) is 8.91. The van der Waals surface area contributed by atoms with Crippen LogP contribution < -0.4 is 15.0 Å². The summed E-state index contributed by atoms with van der Waals surface area (Å²) in [4.78, 5) is 23.7. The molecule has 0 unspecified atom stereocenters. The first-order valence-corrected chi connectivity index (χ1v) is 9.29. The first-order chi connectivity index (χ1) is 13.5. The lowest BCUT2D eigenvalue weighted by Crippen LogP contribution is -2.19. The summed E-state index contributed by atoms with van der Waals surface area (Å²) in [6.07, 6.45) is 0.950. The Morgan fingerprint density at radius 2 is 2.00 bits per heavy atom. The summed E-state index contributed by atoms with van der Waals surface area (Å²) in [6, 6.07) is 15.0. The minimum atomic E-state index is -0.319. The number of aryl methyl sites for hydroxylation is 1. The Bertz CT molecular complexity index is 1050. The number of anilines is 3. The normalized spacial score (nSPS) is 12.6. The van der Waals surface area contributed by atoms with Gasteiger partial charge in [-0.3, -0.25) is 4.79 Å². The molecule has 142 valence electrons. The highest BCUT2D eigenvalue weighted by atomic mass is 35.5. The number of ether oxygens (including phenoxy) is 1. The molecule has 0 saturated heterocycles. The summed E-state index contributed by atoms with van der Waals surface area (Å²) in [7, 11) is 1.54. The van der Waals surface area contributed by atoms with Crippen molar-refractivity contribution in [3.8, 4) is 5.75 Å². The average molecular weight is 395 g/mol. The van der Waals surface area contributed by atoms with E-state index in [-0.39, 0.29) is 5.91 Å². The third-order valence-electron chi connectivity index (χ3n) is 4.63. The molecule has 0 fully saturated rings. The van der Waals surface area contributed by atoms with Gasteiger partial charge in [0.1, 0.15) is 23.1 Å². The van der Waals surface area contributed by atoms with Crippen molar-refractivity contribution in [2.24, 2.45) is 0 Å². The zero-order valence-electron chi connectivity index (χ0n) is 15.6. The van der Waals surface area contributed by atoms with Crippen LogP contribution in [-0.2, 0) is 6.42 Å². The number of rotatable bonds is 4. The third kappa shape index (κ3) is 3.51. The largest absolute Gasteiger partial charge is 0.495 e. The lowest BCUT2D eigenvalue weighted by Gasteiger charge is -2.19. The van der Waals surface area contributed by atoms with Gasteiger partial charge in [-0.25, -0.2) is 9.97 Å². The van der Waals surface area contributed by atoms with Gasteiger partial charge in [0.25, 0.3) is 5.91 Å². The van der Waals surface area contributed by atoms with E-state index in [1.54, 1.807) is 38.3 Å². The number of halogens is 1. The number of benzene rings is 2. The topological polar surface area (TPSA) is 67.3 Å². The van der Waals surface area contributed by atoms with E-state index in [9.17, 15) is 4.79 Å². The average Bonchev–Trinajstić information content (AvgIpc) is 3.12. The number of nitrogens with zero attached hydrogens (tertiary/aromatic N) is 3. The van der Waals surface area contributed by atoms with E-state index in [4.69, 9.17) is 16.3 Å². The summed E-state index contributed by atoms with van der Waals surface area (Å²) in [5.41, 5.74) is 3.27. The molecule has 0 bridgehead atoms. The SMILES string of the molecule is COc1ccc(NC(=O)c2cc(N3CCc4ccccc43)nc(C)n2)cc1Cl. The van der Waals surface area contributed by atoms with E-state index in [1.165, 1.54) is 5.56 Å². The number of fused-ring (bicyclic) bond motifs is 1. The van der Waals surface area contributed by atoms with Crippen LogP contribution >= 0.6 is 11.6 Å². The summed E-state index contributed by atoms with van der Waals surface area (Å²) in [5, 5.41) is 3.25. The van der Waals surface area contributed by atoms with E-state index < -0.39 is 0 Å². The van der Waals surface area contributed by atoms with E-state index in [0.717, 1.165) is 24.5 Å². The molecule has 28 heavy (non-hydrogen) atoms. The van der Waals surface area contributed by atoms with Crippen molar-refractivity contribution in [1.29, 1.82) is 0 Å². The molecule has 0 spiro atoms. The summed E-state index contributed by atoms with van der Waals surface area (Å²) in [6.45, 7) is 2.61. The van der Waals surface area contributed by atoms with Gasteiger partial charge in [-0.05, 0) is 43.2 Å². The molecule has 2 heterocycles. The van der Waals surface area contributed by atoms with Gasteiger partial charge in [-0.2, -0.15) is 0 Å². The highest BCUT2D eigenvalue weighted by Gasteiger charge is 2.22. The zero-order chi connectivity index (χ0) is 19.7. The number of hydrogen-bond donors (Lipinski definition) is 1. The maximum Gasteiger partial charge on any atom is 0.274 e. The lowest BCUT2D eigenvalue weighted by atomic mass is 10.2. The van der Waals surface area contributed by atoms with Crippen LogP contribution in [0.5, 0.6) is 5.75 Å². The van der Waals surface area contributed by atoms with Gasteiger partial charge in [0.2, 0.25) is 0 Å². The summed E-state index contributed by atoms with van der Waals surface area (Å²) >= 11 is 6.13. The summed E-state index contributed by atoms with van der Waals surface area (Å²) < 4.78 is 5.14. The second-order valence-electron chi connectivity index (χ2n) is 6.49. The smallest absolute Gasteiger partial charge is 0.274 e. The van der Waals surface area contributed by atoms with Crippen molar-refractivity contribution in [2.75, 3.05) is 23.9 Å². The molecule has 1 N–H and O–H groups in total. The van der Waals surface area contributed by atoms with Crippen LogP contribution in [0.15, 0.2) is 48.5 Å². The van der Waals surface area contributed by atoms with E-state index in [1.807, 2.05) is 12.1 Å². The fraction of sp³-hybridized carbons (Fsp3) is 0.190. The highest BCUT2D eigenvalue weighted by Crippen LogP contribution is 2.33. The van der Waals surface area contributed by atoms with Crippen LogP contribution in [0.1, 0.15) is 21.9 Å². The molecule has 1 amide bonds. The fourth-order valence-corrected chi connectivity index (χ4v) is 3.58. The van der Waals surface area contributed by atoms with Gasteiger partial charge >= 0.3 is 0 Å². The first kappa shape index (κ1) is 18.3. The van der Waals surface area contributed by atoms with Gasteiger partial charge in [-0.1, -0.05) is 29.8 Å². The van der Waals surface area contributed by atoms with E-state index in [0.29, 0.717) is 28.0 Å². The predicted octanol–water partition coefficient (Wildman–Crippen LogP) is 4.39. The Hall–Kier alpha value is -3.12. The molecule has 1 aliphatic heterocycles. The Labute approximate surface area is 168 Å². The molecule has 7 heteroatoms. The van der Waals surface area contributed by atoms with Crippen molar-refractivity contribution in [2.45, 2.75) is 13.3 Å². The lowest BCUT2D eigenvalue weighted by molar-refractivity contribution is 0.102. The van der Waals surface area contributed by atoms with Crippen LogP contribution in [0, 0.1) is 6.92 Å². The zero-order valence-corrected chi connectivity index (χ0v) is 16.3. The maximum absolute atomic E-state index is 12.8. The van der Waals surface area contributed by atoms with Crippen LogP contribution in [-0.4, -0.2) is 29.5 Å². The highest BCUT2D eigenvalue weighted by molar-refractivity contribution is 6.32. The third-order valence-corrected chi connectivity index (χ3v) is 4.93. The van der Waals surface area contributed by atoms with Crippen LogP contribution in [0.2, 0.25) is 5.02 Å². The number of aromatic nitrogens is 2. The molecular formula is C21H19ClN4O2. The van der Waals surface area contributed by atoms with Crippen LogP contribution in [0.4, 0.5) is 17.2 Å². The molecule has 4 rings (SSSR count). The second kappa shape index (κ2) is 7.48. The standard InChI is InChI=1S/C21H19ClN4O2/c1-13-23-17(21(27)25-15-7-8-19(28-2)16(22)11-15)12-20(24-13)26-10-9-14-5-3-4-6-18(14)26/h3-8,11-12H,9-10H2,1-2H3,(H,25,27). The monoisotopic (exact) mass is 394 g/mol. The molecule has 3 aromatic rings. The molecule has 0 atom stereocenters. The second-order valence-corrected chi connectivity index (χ2v) is 6.90. The number of amides is 1. The van der Waals surface area contributed by atoms with Crippen molar-refractivity contribution < 1.29 is 9.53 Å². The van der Waals surface area contributed by atoms with Gasteiger partial charge < -0.3 is 15.0 Å². The van der Waals surface area contributed by atoms with Gasteiger partial charge in [0.05, 0.1) is 12.1 Å². The number of methoxy groups -OCH3 is 1. The van der Waals surface area contributed by atoms with Gasteiger partial charge in [0.15, 0.2) is 0 Å². The quantitative estimate of drug-likeness (QED) is 0.710. The molecule has 6 nitrogen and oxygen atoms in total. The maximum atomic E-state index is 12.8. The Morgan fingerprint density at radius 1 is 1.18 bits per heavy atom. The molecule has 2 aromatic carbocycles. The molecule has 1 aliphatic rings. The van der Waals surface area contributed by atoms with E-state index in [2.05, 4.69) is 32.3 Å². The Balaban J connectivity index is 1.61. The Morgan fingerprint density at radius 3 is 2.79 bits per heavy atom. The molecule has 0 radical (unpaired) electrons. The number of carbonyl (C=O) groups excluding carboxylic acids is 1. The number of carbonyl (C=O) groups is 1. The number of nitrogens with one attached hydrogen (secondary N) is 1. The minimum absolute atomic E-state index is 0.304. The Kier molecular flexibility index (Phi) is 4.88. The fourth-order valence-electron chi connectivity index (χ4n) is 3.32. The van der Waals surface area contributed by atoms with Crippen LogP contribution in [0.3, 0.4) is 0 Å². The number of hydrogen-bond acceptors (Lipinski definition) is 5. The minimum Gasteiger partial charge on any atom is -0.495 e. The molecule has 0 aliphatic carbocycles. The summed E-state index contributed by atoms with van der Waals surface area (Å²) in [5.74, 6) is 1.49.